The molecule has 9 heteroatoms. The van der Waals surface area contributed by atoms with Crippen molar-refractivity contribution in [2.24, 2.45) is 11.8 Å². The second-order valence-corrected chi connectivity index (χ2v) is 73.1. The molecule has 8 rings (SSSR count). The molecule has 4 aliphatic carbocycles. The molecule has 4 aliphatic rings. The Morgan fingerprint density at radius 2 is 0.967 bits per heavy atom. The Hall–Kier alpha value is -1.74. The van der Waals surface area contributed by atoms with Gasteiger partial charge in [-0.1, -0.05) is 0 Å². The summed E-state index contributed by atoms with van der Waals surface area (Å²) in [7, 11) is 15.1. The summed E-state index contributed by atoms with van der Waals surface area (Å²) >= 11 is -5.65. The van der Waals surface area contributed by atoms with Crippen LogP contribution >= 0.6 is 17.0 Å². The van der Waals surface area contributed by atoms with Gasteiger partial charge in [0.2, 0.25) is 0 Å². The van der Waals surface area contributed by atoms with E-state index in [0.717, 1.165) is 12.8 Å². The zero-order chi connectivity index (χ0) is 43.6. The minimum atomic E-state index is -5.65. The number of alkyl halides is 3. The van der Waals surface area contributed by atoms with E-state index >= 15 is 0 Å². The van der Waals surface area contributed by atoms with Crippen LogP contribution in [0.2, 0.25) is 51.9 Å². The van der Waals surface area contributed by atoms with Crippen LogP contribution in [0, 0.1) is 11.8 Å². The average molecular weight is 994 g/mol. The van der Waals surface area contributed by atoms with Crippen LogP contribution in [0.1, 0.15) is 100 Å². The van der Waals surface area contributed by atoms with Crippen molar-refractivity contribution in [1.82, 2.24) is 0 Å². The first-order chi connectivity index (χ1) is 28.7. The van der Waals surface area contributed by atoms with E-state index in [1.165, 1.54) is 117 Å². The van der Waals surface area contributed by atoms with Gasteiger partial charge in [-0.3, -0.25) is 0 Å². The molecule has 0 radical (unpaired) electrons. The van der Waals surface area contributed by atoms with Gasteiger partial charge in [-0.2, -0.15) is 0 Å². The molecule has 4 aromatic rings. The van der Waals surface area contributed by atoms with Crippen molar-refractivity contribution in [3.05, 3.63) is 118 Å². The Balaban J connectivity index is 1.35. The maximum absolute atomic E-state index is 14.5. The molecule has 3 atom stereocenters. The van der Waals surface area contributed by atoms with Crippen LogP contribution < -0.4 is 10.4 Å². The van der Waals surface area contributed by atoms with E-state index in [-0.39, 0.29) is 13.3 Å². The van der Waals surface area contributed by atoms with Crippen molar-refractivity contribution in [3.63, 3.8) is 0 Å². The van der Waals surface area contributed by atoms with Crippen LogP contribution in [0.15, 0.2) is 96.1 Å². The van der Waals surface area contributed by atoms with Gasteiger partial charge in [0, 0.05) is 0 Å². The van der Waals surface area contributed by atoms with Crippen molar-refractivity contribution in [2.45, 2.75) is 136 Å². The van der Waals surface area contributed by atoms with Gasteiger partial charge in [-0.15, -0.1) is 0 Å². The third kappa shape index (κ3) is 9.11. The quantitative estimate of drug-likeness (QED) is 0.117. The third-order valence-electron chi connectivity index (χ3n) is 15.3. The van der Waals surface area contributed by atoms with Crippen molar-refractivity contribution in [2.75, 3.05) is 0 Å². The topological polar surface area (TPSA) is 0 Å². The summed E-state index contributed by atoms with van der Waals surface area (Å²) in [6.45, 7) is 16.4. The van der Waals surface area contributed by atoms with E-state index in [2.05, 4.69) is 143 Å². The van der Waals surface area contributed by atoms with Crippen molar-refractivity contribution >= 4 is 61.6 Å². The molecule has 3 unspecified atom stereocenters. The molecule has 0 saturated heterocycles. The second-order valence-electron chi connectivity index (χ2n) is 21.6. The van der Waals surface area contributed by atoms with Crippen LogP contribution in [0.5, 0.6) is 0 Å². The van der Waals surface area contributed by atoms with E-state index in [4.69, 9.17) is 17.0 Å². The number of hydrogen-bond donors (Lipinski definition) is 0. The van der Waals surface area contributed by atoms with E-state index in [0.29, 0.717) is 11.8 Å². The van der Waals surface area contributed by atoms with Gasteiger partial charge in [-0.05, 0) is 0 Å². The SMILES string of the molecule is C[SiH](CCC(F)(F)F)[Zr]([Cl])([Cl])([CH]1C(CC2CCCC2)=Cc2c(-c3ccc([Si](C)(C)C)cc3)cccc21)[CH]1C(CC2CCCC2)=Cc2c(-c3ccc([Si](C)(C)C)cc3)cccc21. The molecule has 325 valence electrons. The predicted octanol–water partition coefficient (Wildman–Crippen LogP) is 16.2. The summed E-state index contributed by atoms with van der Waals surface area (Å²) in [6, 6.07) is 31.8. The van der Waals surface area contributed by atoms with Gasteiger partial charge >= 0.3 is 379 Å². The molecule has 0 spiro atoms. The first-order valence-electron chi connectivity index (χ1n) is 23.2. The first-order valence-corrected chi connectivity index (χ1v) is 46.2. The molecule has 0 nitrogen and oxygen atoms in total. The number of hydrogen-bond acceptors (Lipinski definition) is 0. The molecule has 2 saturated carbocycles. The molecule has 4 aromatic carbocycles. The average Bonchev–Trinajstić information content (AvgIpc) is 4.03. The van der Waals surface area contributed by atoms with Gasteiger partial charge in [0.05, 0.1) is 0 Å². The Bertz CT molecular complexity index is 2160. The van der Waals surface area contributed by atoms with Crippen molar-refractivity contribution < 1.29 is 28.7 Å². The maximum atomic E-state index is 14.5. The first kappa shape index (κ1) is 45.8. The zero-order valence-electron chi connectivity index (χ0n) is 37.5. The molecule has 2 fully saturated rings. The number of rotatable bonds is 13. The third-order valence-corrected chi connectivity index (χ3v) is 69.6. The van der Waals surface area contributed by atoms with E-state index in [1.807, 2.05) is 0 Å². The van der Waals surface area contributed by atoms with Crippen LogP contribution in [0.25, 0.3) is 34.4 Å². The van der Waals surface area contributed by atoms with Crippen LogP contribution in [-0.2, 0) is 15.6 Å². The Labute approximate surface area is 375 Å². The summed E-state index contributed by atoms with van der Waals surface area (Å²) < 4.78 is 43.0. The van der Waals surface area contributed by atoms with Gasteiger partial charge < -0.3 is 0 Å². The fraction of sp³-hybridized carbons (Fsp3) is 0.462. The van der Waals surface area contributed by atoms with E-state index < -0.39 is 50.2 Å². The summed E-state index contributed by atoms with van der Waals surface area (Å²) in [5.74, 6) is -1.45. The summed E-state index contributed by atoms with van der Waals surface area (Å²) in [5.41, 5.74) is 12.1. The van der Waals surface area contributed by atoms with E-state index in [9.17, 15) is 13.2 Å². The van der Waals surface area contributed by atoms with Crippen LogP contribution in [0.4, 0.5) is 13.2 Å². The molecular formula is C52H66Cl2F3Si3Zr. The van der Waals surface area contributed by atoms with Crippen LogP contribution in [-0.4, -0.2) is 28.2 Å². The number of fused-ring (bicyclic) bond motifs is 2. The summed E-state index contributed by atoms with van der Waals surface area (Å²) in [6.07, 6.45) is 11.3. The number of benzene rings is 4. The van der Waals surface area contributed by atoms with Crippen molar-refractivity contribution in [3.8, 4) is 22.3 Å². The number of halogens is 5. The Morgan fingerprint density at radius 3 is 1.31 bits per heavy atom. The normalized spacial score (nSPS) is 21.2. The number of allylic oxidation sites excluding steroid dienone is 2. The fourth-order valence-corrected chi connectivity index (χ4v) is 54.3. The van der Waals surface area contributed by atoms with Gasteiger partial charge in [0.25, 0.3) is 0 Å². The standard InChI is InChI=1S/2C24H29Si.C4H8F3Si.2ClH.Zr/c2*1-25(2,3)22-13-11-20(12-14-22)23-10-6-9-21-16-19(17-24(21)23)15-18-7-4-5-8-18;1-8-3-2-4(5,6)7;;;/h2*6,9-14,16-18H,4-5,7-8,15H2,1-3H3;8H,2-3H2,1H3;2*1H;/q;;;;;+2/p-2. The van der Waals surface area contributed by atoms with Gasteiger partial charge in [0.1, 0.15) is 0 Å². The fourth-order valence-electron chi connectivity index (χ4n) is 11.9. The van der Waals surface area contributed by atoms with Crippen LogP contribution in [0.3, 0.4) is 0 Å². The molecule has 0 amide bonds. The minimum absolute atomic E-state index is 0.0720. The predicted molar refractivity (Wildman–Crippen MR) is 264 cm³/mol. The Morgan fingerprint density at radius 1 is 0.590 bits per heavy atom. The Kier molecular flexibility index (Phi) is 13.0. The molecular weight excluding hydrogens is 928 g/mol. The molecule has 0 aromatic heterocycles. The molecule has 0 N–H and O–H groups in total. The molecule has 0 aliphatic heterocycles. The van der Waals surface area contributed by atoms with E-state index in [1.54, 1.807) is 0 Å². The summed E-state index contributed by atoms with van der Waals surface area (Å²) in [5, 5.41) is 2.85. The second kappa shape index (κ2) is 17.2. The monoisotopic (exact) mass is 991 g/mol. The van der Waals surface area contributed by atoms with Gasteiger partial charge in [0.15, 0.2) is 0 Å². The van der Waals surface area contributed by atoms with Gasteiger partial charge in [-0.25, -0.2) is 0 Å². The molecule has 0 bridgehead atoms. The molecule has 61 heavy (non-hydrogen) atoms. The zero-order valence-corrected chi connectivity index (χ0v) is 44.6. The summed E-state index contributed by atoms with van der Waals surface area (Å²) in [4.78, 5) is 0. The van der Waals surface area contributed by atoms with Crippen molar-refractivity contribution in [1.29, 1.82) is 0 Å². The molecule has 0 heterocycles.